The second-order valence-corrected chi connectivity index (χ2v) is 2.44. The van der Waals surface area contributed by atoms with Gasteiger partial charge in [-0.3, -0.25) is 4.39 Å². The summed E-state index contributed by atoms with van der Waals surface area (Å²) in [5.41, 5.74) is 0.929. The summed E-state index contributed by atoms with van der Waals surface area (Å²) in [5, 5.41) is 8.58. The van der Waals surface area contributed by atoms with E-state index >= 15 is 0 Å². The second kappa shape index (κ2) is 3.85. The van der Waals surface area contributed by atoms with E-state index in [0.29, 0.717) is 0 Å². The zero-order valence-corrected chi connectivity index (χ0v) is 6.46. The number of carboxylic acid groups (broad SMARTS) is 1. The summed E-state index contributed by atoms with van der Waals surface area (Å²) in [5.74, 6) is -0.976. The summed E-state index contributed by atoms with van der Waals surface area (Å²) in [7, 11) is 0. The van der Waals surface area contributed by atoms with Crippen molar-refractivity contribution >= 4 is 5.97 Å². The molecule has 0 aliphatic rings. The fourth-order valence-electron chi connectivity index (χ4n) is 0.969. The van der Waals surface area contributed by atoms with Crippen LogP contribution in [0.25, 0.3) is 0 Å². The maximum absolute atomic E-state index is 11.9. The Morgan fingerprint density at radius 1 is 1.50 bits per heavy atom. The molecule has 12 heavy (non-hydrogen) atoms. The molecule has 0 aromatic heterocycles. The molecule has 2 nitrogen and oxygen atoms in total. The molecule has 0 fully saturated rings. The molecular formula is C9H9FO2. The normalized spacial score (nSPS) is 9.75. The van der Waals surface area contributed by atoms with Crippen LogP contribution in [0.3, 0.4) is 0 Å². The largest absolute Gasteiger partial charge is 0.478 e. The van der Waals surface area contributed by atoms with Gasteiger partial charge in [0.15, 0.2) is 0 Å². The highest BCUT2D eigenvalue weighted by atomic mass is 19.1. The number of hydrogen-bond donors (Lipinski definition) is 1. The Morgan fingerprint density at radius 3 is 2.83 bits per heavy atom. The first-order valence-electron chi connectivity index (χ1n) is 3.62. The summed E-state index contributed by atoms with van der Waals surface area (Å²) >= 11 is 0. The van der Waals surface area contributed by atoms with Crippen LogP contribution >= 0.6 is 0 Å². The molecule has 0 aliphatic carbocycles. The SMILES string of the molecule is O=C(O)c1cccc(CCF)c1. The minimum absolute atomic E-state index is 0.209. The Kier molecular flexibility index (Phi) is 2.80. The Balaban J connectivity index is 2.88. The molecule has 1 aromatic carbocycles. The fourth-order valence-corrected chi connectivity index (χ4v) is 0.969. The molecule has 0 unspecified atom stereocenters. The van der Waals surface area contributed by atoms with Crippen LogP contribution in [0.1, 0.15) is 15.9 Å². The van der Waals surface area contributed by atoms with E-state index in [9.17, 15) is 9.18 Å². The maximum atomic E-state index is 11.9. The van der Waals surface area contributed by atoms with Gasteiger partial charge in [-0.2, -0.15) is 0 Å². The van der Waals surface area contributed by atoms with Gasteiger partial charge in [0, 0.05) is 6.42 Å². The number of hydrogen-bond acceptors (Lipinski definition) is 1. The first-order chi connectivity index (χ1) is 5.74. The van der Waals surface area contributed by atoms with E-state index in [1.807, 2.05) is 0 Å². The molecule has 0 bridgehead atoms. The predicted octanol–water partition coefficient (Wildman–Crippen LogP) is 1.90. The van der Waals surface area contributed by atoms with E-state index in [0.717, 1.165) is 5.56 Å². The molecule has 1 aromatic rings. The van der Waals surface area contributed by atoms with Gasteiger partial charge in [0.2, 0.25) is 0 Å². The molecule has 1 N–H and O–H groups in total. The fraction of sp³-hybridized carbons (Fsp3) is 0.222. The first-order valence-corrected chi connectivity index (χ1v) is 3.62. The van der Waals surface area contributed by atoms with E-state index < -0.39 is 12.6 Å². The predicted molar refractivity (Wildman–Crippen MR) is 43.1 cm³/mol. The van der Waals surface area contributed by atoms with Gasteiger partial charge >= 0.3 is 5.97 Å². The number of carboxylic acids is 1. The molecule has 64 valence electrons. The van der Waals surface area contributed by atoms with E-state index in [1.165, 1.54) is 12.1 Å². The van der Waals surface area contributed by atoms with Gasteiger partial charge in [-0.15, -0.1) is 0 Å². The number of rotatable bonds is 3. The van der Waals surface area contributed by atoms with Crippen LogP contribution in [0, 0.1) is 0 Å². The zero-order chi connectivity index (χ0) is 8.97. The third-order valence-corrected chi connectivity index (χ3v) is 1.56. The van der Waals surface area contributed by atoms with Crippen molar-refractivity contribution in [3.63, 3.8) is 0 Å². The topological polar surface area (TPSA) is 37.3 Å². The minimum atomic E-state index is -0.976. The van der Waals surface area contributed by atoms with Crippen molar-refractivity contribution < 1.29 is 14.3 Å². The quantitative estimate of drug-likeness (QED) is 0.748. The molecule has 0 saturated heterocycles. The van der Waals surface area contributed by atoms with E-state index in [1.54, 1.807) is 12.1 Å². The highest BCUT2D eigenvalue weighted by Gasteiger charge is 2.02. The molecule has 0 heterocycles. The second-order valence-electron chi connectivity index (χ2n) is 2.44. The molecular weight excluding hydrogens is 159 g/mol. The molecule has 1 rings (SSSR count). The van der Waals surface area contributed by atoms with Crippen LogP contribution in [0.2, 0.25) is 0 Å². The number of halogens is 1. The van der Waals surface area contributed by atoms with Crippen molar-refractivity contribution in [2.24, 2.45) is 0 Å². The van der Waals surface area contributed by atoms with Crippen molar-refractivity contribution in [3.8, 4) is 0 Å². The van der Waals surface area contributed by atoms with Gasteiger partial charge in [0.1, 0.15) is 0 Å². The average molecular weight is 168 g/mol. The summed E-state index contributed by atoms with van der Waals surface area (Å²) in [6.45, 7) is -0.455. The van der Waals surface area contributed by atoms with Crippen LogP contribution in [0.15, 0.2) is 24.3 Å². The molecule has 0 saturated carbocycles. The minimum Gasteiger partial charge on any atom is -0.478 e. The summed E-state index contributed by atoms with van der Waals surface area (Å²) in [6.07, 6.45) is 0.279. The monoisotopic (exact) mass is 168 g/mol. The Bertz CT molecular complexity index is 284. The Labute approximate surface area is 69.6 Å². The van der Waals surface area contributed by atoms with Gasteiger partial charge in [-0.1, -0.05) is 12.1 Å². The third-order valence-electron chi connectivity index (χ3n) is 1.56. The van der Waals surface area contributed by atoms with Gasteiger partial charge in [0.05, 0.1) is 12.2 Å². The molecule has 0 spiro atoms. The van der Waals surface area contributed by atoms with Gasteiger partial charge in [0.25, 0.3) is 0 Å². The molecule has 0 amide bonds. The van der Waals surface area contributed by atoms with Crippen molar-refractivity contribution in [2.75, 3.05) is 6.67 Å². The van der Waals surface area contributed by atoms with Crippen molar-refractivity contribution in [2.45, 2.75) is 6.42 Å². The van der Waals surface area contributed by atoms with E-state index in [2.05, 4.69) is 0 Å². The number of carbonyl (C=O) groups is 1. The van der Waals surface area contributed by atoms with Crippen LogP contribution in [0.4, 0.5) is 4.39 Å². The lowest BCUT2D eigenvalue weighted by molar-refractivity contribution is 0.0696. The van der Waals surface area contributed by atoms with Crippen LogP contribution in [0.5, 0.6) is 0 Å². The van der Waals surface area contributed by atoms with Gasteiger partial charge in [-0.05, 0) is 17.7 Å². The van der Waals surface area contributed by atoms with Crippen LogP contribution < -0.4 is 0 Å². The summed E-state index contributed by atoms with van der Waals surface area (Å²) < 4.78 is 11.9. The van der Waals surface area contributed by atoms with E-state index in [-0.39, 0.29) is 12.0 Å². The lowest BCUT2D eigenvalue weighted by Gasteiger charge is -1.98. The molecule has 3 heteroatoms. The number of alkyl halides is 1. The summed E-state index contributed by atoms with van der Waals surface area (Å²) in [6, 6.07) is 6.31. The molecule has 0 aliphatic heterocycles. The van der Waals surface area contributed by atoms with Crippen LogP contribution in [-0.4, -0.2) is 17.8 Å². The van der Waals surface area contributed by atoms with Gasteiger partial charge in [-0.25, -0.2) is 4.79 Å². The zero-order valence-electron chi connectivity index (χ0n) is 6.46. The lowest BCUT2D eigenvalue weighted by atomic mass is 10.1. The highest BCUT2D eigenvalue weighted by Crippen LogP contribution is 2.05. The van der Waals surface area contributed by atoms with E-state index in [4.69, 9.17) is 5.11 Å². The smallest absolute Gasteiger partial charge is 0.335 e. The Morgan fingerprint density at radius 2 is 2.25 bits per heavy atom. The summed E-state index contributed by atoms with van der Waals surface area (Å²) in [4.78, 5) is 10.5. The van der Waals surface area contributed by atoms with Crippen LogP contribution in [-0.2, 0) is 6.42 Å². The highest BCUT2D eigenvalue weighted by molar-refractivity contribution is 5.87. The maximum Gasteiger partial charge on any atom is 0.335 e. The van der Waals surface area contributed by atoms with Gasteiger partial charge < -0.3 is 5.11 Å². The first kappa shape index (κ1) is 8.71. The Hall–Kier alpha value is -1.38. The van der Waals surface area contributed by atoms with Crippen molar-refractivity contribution in [3.05, 3.63) is 35.4 Å². The molecule has 0 radical (unpaired) electrons. The number of aromatic carboxylic acids is 1. The third kappa shape index (κ3) is 2.05. The average Bonchev–Trinajstić information content (AvgIpc) is 2.05. The number of benzene rings is 1. The standard InChI is InChI=1S/C9H9FO2/c10-5-4-7-2-1-3-8(6-7)9(11)12/h1-3,6H,4-5H2,(H,11,12). The lowest BCUT2D eigenvalue weighted by Crippen LogP contribution is -1.97. The number of aryl methyl sites for hydroxylation is 1. The molecule has 0 atom stereocenters. The van der Waals surface area contributed by atoms with Crippen molar-refractivity contribution in [1.29, 1.82) is 0 Å². The van der Waals surface area contributed by atoms with Crippen molar-refractivity contribution in [1.82, 2.24) is 0 Å².